The van der Waals surface area contributed by atoms with E-state index in [0.717, 1.165) is 0 Å². The molecule has 1 rings (SSSR count). The Morgan fingerprint density at radius 3 is 2.72 bits per heavy atom. The van der Waals surface area contributed by atoms with E-state index in [1.165, 1.54) is 18.9 Å². The third-order valence-electron chi connectivity index (χ3n) is 2.57. The van der Waals surface area contributed by atoms with Crippen molar-refractivity contribution in [1.82, 2.24) is 10.2 Å². The second-order valence-corrected chi connectivity index (χ2v) is 3.82. The van der Waals surface area contributed by atoms with Gasteiger partial charge in [-0.1, -0.05) is 0 Å². The van der Waals surface area contributed by atoms with Crippen molar-refractivity contribution in [3.63, 3.8) is 0 Å². The summed E-state index contributed by atoms with van der Waals surface area (Å²) >= 11 is 0. The molecule has 8 heteroatoms. The number of carboxylic acids is 1. The van der Waals surface area contributed by atoms with Gasteiger partial charge in [-0.25, -0.2) is 9.59 Å². The number of amides is 2. The molecule has 0 aromatic carbocycles. The monoisotopic (exact) mass is 260 g/mol. The highest BCUT2D eigenvalue weighted by atomic mass is 16.5. The molecule has 0 saturated carbocycles. The van der Waals surface area contributed by atoms with E-state index >= 15 is 0 Å². The zero-order chi connectivity index (χ0) is 13.7. The summed E-state index contributed by atoms with van der Waals surface area (Å²) in [5, 5.41) is 11.0. The van der Waals surface area contributed by atoms with Crippen molar-refractivity contribution in [3.05, 3.63) is 0 Å². The minimum Gasteiger partial charge on any atom is -0.480 e. The van der Waals surface area contributed by atoms with Crippen molar-refractivity contribution in [2.24, 2.45) is 0 Å². The van der Waals surface area contributed by atoms with Crippen LogP contribution in [0, 0.1) is 0 Å². The van der Waals surface area contributed by atoms with Crippen LogP contribution in [0.3, 0.4) is 0 Å². The molecule has 1 saturated heterocycles. The number of hydrogen-bond donors (Lipinski definition) is 2. The summed E-state index contributed by atoms with van der Waals surface area (Å²) in [6, 6.07) is -2.49. The fraction of sp³-hybridized carbons (Fsp3) is 0.700. The Hall–Kier alpha value is -1.83. The van der Waals surface area contributed by atoms with Gasteiger partial charge >= 0.3 is 18.0 Å². The van der Waals surface area contributed by atoms with E-state index in [2.05, 4.69) is 10.1 Å². The molecule has 0 radical (unpaired) electrons. The smallest absolute Gasteiger partial charge is 0.331 e. The van der Waals surface area contributed by atoms with Gasteiger partial charge in [-0.05, 0) is 6.92 Å². The van der Waals surface area contributed by atoms with E-state index in [9.17, 15) is 14.4 Å². The Balaban J connectivity index is 2.68. The number of esters is 1. The van der Waals surface area contributed by atoms with Crippen molar-refractivity contribution in [2.75, 3.05) is 26.9 Å². The standard InChI is InChI=1S/C10H16N2O6/c1-6(8(13)14)11-10(16)12-3-4-18-5-7(12)9(15)17-2/h6-7H,3-5H2,1-2H3,(H,11,16)(H,13,14)/t6-,7?/m0/s1. The molecule has 1 aliphatic heterocycles. The molecule has 2 N–H and O–H groups in total. The maximum atomic E-state index is 11.8. The van der Waals surface area contributed by atoms with E-state index in [4.69, 9.17) is 9.84 Å². The number of morpholine rings is 1. The normalized spacial score (nSPS) is 21.0. The minimum absolute atomic E-state index is 0.0432. The van der Waals surface area contributed by atoms with E-state index < -0.39 is 30.1 Å². The molecule has 1 heterocycles. The van der Waals surface area contributed by atoms with Crippen LogP contribution in [-0.2, 0) is 19.1 Å². The quantitative estimate of drug-likeness (QED) is 0.633. The predicted molar refractivity (Wildman–Crippen MR) is 59.0 cm³/mol. The van der Waals surface area contributed by atoms with Crippen LogP contribution in [-0.4, -0.2) is 66.9 Å². The number of nitrogens with zero attached hydrogens (tertiary/aromatic N) is 1. The molecule has 2 atom stereocenters. The van der Waals surface area contributed by atoms with E-state index in [1.807, 2.05) is 0 Å². The zero-order valence-electron chi connectivity index (χ0n) is 10.2. The molecule has 0 aromatic rings. The second kappa shape index (κ2) is 6.20. The van der Waals surface area contributed by atoms with Crippen LogP contribution in [0.2, 0.25) is 0 Å². The van der Waals surface area contributed by atoms with Crippen molar-refractivity contribution in [2.45, 2.75) is 19.0 Å². The molecule has 1 fully saturated rings. The number of ether oxygens (including phenoxy) is 2. The fourth-order valence-corrected chi connectivity index (χ4v) is 1.51. The molecule has 1 unspecified atom stereocenters. The van der Waals surface area contributed by atoms with Gasteiger partial charge in [-0.15, -0.1) is 0 Å². The summed E-state index contributed by atoms with van der Waals surface area (Å²) in [6.07, 6.45) is 0. The minimum atomic E-state index is -1.15. The van der Waals surface area contributed by atoms with Crippen molar-refractivity contribution in [3.8, 4) is 0 Å². The molecule has 0 spiro atoms. The molecule has 2 amide bonds. The largest absolute Gasteiger partial charge is 0.480 e. The van der Waals surface area contributed by atoms with Gasteiger partial charge in [0.2, 0.25) is 0 Å². The number of urea groups is 1. The maximum Gasteiger partial charge on any atom is 0.331 e. The Kier molecular flexibility index (Phi) is 4.90. The van der Waals surface area contributed by atoms with E-state index in [-0.39, 0.29) is 13.2 Å². The lowest BCUT2D eigenvalue weighted by Gasteiger charge is -2.33. The van der Waals surface area contributed by atoms with E-state index in [0.29, 0.717) is 6.61 Å². The lowest BCUT2D eigenvalue weighted by atomic mass is 10.2. The predicted octanol–water partition coefficient (Wildman–Crippen LogP) is -0.957. The average Bonchev–Trinajstić information content (AvgIpc) is 2.37. The Bertz CT molecular complexity index is 345. The number of hydrogen-bond acceptors (Lipinski definition) is 5. The van der Waals surface area contributed by atoms with Crippen LogP contribution in [0.1, 0.15) is 6.92 Å². The number of nitrogens with one attached hydrogen (secondary N) is 1. The SMILES string of the molecule is COC(=O)C1COCCN1C(=O)N[C@@H](C)C(=O)O. The molecular weight excluding hydrogens is 244 g/mol. The number of carboxylic acid groups (broad SMARTS) is 1. The number of carbonyl (C=O) groups is 3. The first-order valence-electron chi connectivity index (χ1n) is 5.43. The molecule has 1 aliphatic rings. The first-order chi connectivity index (χ1) is 8.47. The summed E-state index contributed by atoms with van der Waals surface area (Å²) in [6.45, 7) is 1.88. The Morgan fingerprint density at radius 1 is 1.50 bits per heavy atom. The number of aliphatic carboxylic acids is 1. The zero-order valence-corrected chi connectivity index (χ0v) is 10.2. The molecule has 0 bridgehead atoms. The first-order valence-corrected chi connectivity index (χ1v) is 5.43. The number of methoxy groups -OCH3 is 1. The summed E-state index contributed by atoms with van der Waals surface area (Å²) in [5.41, 5.74) is 0. The van der Waals surface area contributed by atoms with Crippen LogP contribution in [0.4, 0.5) is 4.79 Å². The summed E-state index contributed by atoms with van der Waals surface area (Å²) in [4.78, 5) is 35.1. The van der Waals surface area contributed by atoms with Gasteiger partial charge < -0.3 is 24.8 Å². The molecule has 8 nitrogen and oxygen atoms in total. The van der Waals surface area contributed by atoms with Gasteiger partial charge in [0.25, 0.3) is 0 Å². The van der Waals surface area contributed by atoms with Crippen LogP contribution in [0.5, 0.6) is 0 Å². The van der Waals surface area contributed by atoms with Gasteiger partial charge in [-0.2, -0.15) is 0 Å². The average molecular weight is 260 g/mol. The Morgan fingerprint density at radius 2 is 2.17 bits per heavy atom. The van der Waals surface area contributed by atoms with Crippen molar-refractivity contribution >= 4 is 18.0 Å². The lowest BCUT2D eigenvalue weighted by molar-refractivity contribution is -0.151. The van der Waals surface area contributed by atoms with Crippen LogP contribution in [0.15, 0.2) is 0 Å². The van der Waals surface area contributed by atoms with Crippen LogP contribution < -0.4 is 5.32 Å². The highest BCUT2D eigenvalue weighted by Crippen LogP contribution is 2.09. The highest BCUT2D eigenvalue weighted by molar-refractivity contribution is 5.86. The van der Waals surface area contributed by atoms with Gasteiger partial charge in [0.15, 0.2) is 6.04 Å². The van der Waals surface area contributed by atoms with Crippen LogP contribution >= 0.6 is 0 Å². The summed E-state index contributed by atoms with van der Waals surface area (Å²) in [7, 11) is 1.22. The van der Waals surface area contributed by atoms with E-state index in [1.54, 1.807) is 0 Å². The summed E-state index contributed by atoms with van der Waals surface area (Å²) < 4.78 is 9.66. The third kappa shape index (κ3) is 3.33. The molecule has 0 aliphatic carbocycles. The Labute approximate surface area is 104 Å². The van der Waals surface area contributed by atoms with Crippen LogP contribution in [0.25, 0.3) is 0 Å². The number of rotatable bonds is 3. The molecule has 102 valence electrons. The highest BCUT2D eigenvalue weighted by Gasteiger charge is 2.34. The molecular formula is C10H16N2O6. The lowest BCUT2D eigenvalue weighted by Crippen LogP contribution is -2.57. The molecule has 18 heavy (non-hydrogen) atoms. The van der Waals surface area contributed by atoms with Crippen molar-refractivity contribution in [1.29, 1.82) is 0 Å². The molecule has 0 aromatic heterocycles. The summed E-state index contributed by atoms with van der Waals surface area (Å²) in [5.74, 6) is -1.74. The second-order valence-electron chi connectivity index (χ2n) is 3.82. The fourth-order valence-electron chi connectivity index (χ4n) is 1.51. The topological polar surface area (TPSA) is 105 Å². The van der Waals surface area contributed by atoms with Crippen molar-refractivity contribution < 1.29 is 29.0 Å². The van der Waals surface area contributed by atoms with Gasteiger partial charge in [-0.3, -0.25) is 4.79 Å². The first kappa shape index (κ1) is 14.2. The number of carbonyl (C=O) groups excluding carboxylic acids is 2. The maximum absolute atomic E-state index is 11.8. The van der Waals surface area contributed by atoms with Gasteiger partial charge in [0.05, 0.1) is 20.3 Å². The van der Waals surface area contributed by atoms with Gasteiger partial charge in [0.1, 0.15) is 6.04 Å². The van der Waals surface area contributed by atoms with Gasteiger partial charge in [0, 0.05) is 6.54 Å². The third-order valence-corrected chi connectivity index (χ3v) is 2.57.